The Balaban J connectivity index is 1.61. The molecule has 5 nitrogen and oxygen atoms in total. The summed E-state index contributed by atoms with van der Waals surface area (Å²) in [4.78, 5) is 29.7. The lowest BCUT2D eigenvalue weighted by Gasteiger charge is -2.36. The van der Waals surface area contributed by atoms with E-state index in [1.54, 1.807) is 18.0 Å². The van der Waals surface area contributed by atoms with Crippen LogP contribution >= 0.6 is 11.8 Å². The summed E-state index contributed by atoms with van der Waals surface area (Å²) in [6.07, 6.45) is 8.04. The first-order chi connectivity index (χ1) is 13.1. The van der Waals surface area contributed by atoms with Crippen molar-refractivity contribution in [3.8, 4) is 0 Å². The summed E-state index contributed by atoms with van der Waals surface area (Å²) in [6.45, 7) is 1.47. The Morgan fingerprint density at radius 3 is 2.48 bits per heavy atom. The third-order valence-corrected chi connectivity index (χ3v) is 5.88. The lowest BCUT2D eigenvalue weighted by Crippen LogP contribution is -2.57. The third-order valence-electron chi connectivity index (χ3n) is 4.80. The second-order valence-corrected chi connectivity index (χ2v) is 8.00. The molecule has 0 radical (unpaired) electrons. The smallest absolute Gasteiger partial charge is 0.250 e. The van der Waals surface area contributed by atoms with Gasteiger partial charge in [0.2, 0.25) is 11.8 Å². The van der Waals surface area contributed by atoms with Crippen molar-refractivity contribution in [1.29, 1.82) is 0 Å². The molecule has 2 amide bonds. The first-order valence-corrected chi connectivity index (χ1v) is 10.3. The second-order valence-electron chi connectivity index (χ2n) is 6.95. The van der Waals surface area contributed by atoms with Gasteiger partial charge in [0.25, 0.3) is 0 Å². The highest BCUT2D eigenvalue weighted by atomic mass is 32.2. The maximum atomic E-state index is 12.9. The Kier molecular flexibility index (Phi) is 6.50. The number of carbonyl (C=O) groups is 2. The average Bonchev–Trinajstić information content (AvgIpc) is 2.68. The number of thioether (sulfide) groups is 1. The van der Waals surface area contributed by atoms with Crippen LogP contribution in [0.15, 0.2) is 53.7 Å². The number of hydrogen-bond acceptors (Lipinski definition) is 4. The van der Waals surface area contributed by atoms with Crippen LogP contribution in [0.3, 0.4) is 0 Å². The van der Waals surface area contributed by atoms with Crippen LogP contribution in [0.25, 0.3) is 0 Å². The number of carbonyl (C=O) groups excluding carboxylic acids is 2. The van der Waals surface area contributed by atoms with Gasteiger partial charge in [0.1, 0.15) is 5.54 Å². The van der Waals surface area contributed by atoms with Gasteiger partial charge in [-0.1, -0.05) is 25.3 Å². The predicted octanol–water partition coefficient (Wildman–Crippen LogP) is 4.15. The molecule has 0 saturated heterocycles. The Bertz CT molecular complexity index is 772. The quantitative estimate of drug-likeness (QED) is 0.735. The van der Waals surface area contributed by atoms with Crippen LogP contribution in [-0.4, -0.2) is 22.3 Å². The minimum atomic E-state index is -0.780. The molecule has 142 valence electrons. The van der Waals surface area contributed by atoms with Crippen molar-refractivity contribution in [2.75, 3.05) is 5.32 Å². The fourth-order valence-electron chi connectivity index (χ4n) is 3.44. The zero-order chi connectivity index (χ0) is 19.1. The Labute approximate surface area is 164 Å². The molecule has 3 rings (SSSR count). The zero-order valence-electron chi connectivity index (χ0n) is 15.5. The fraction of sp³-hybridized carbons (Fsp3) is 0.381. The normalized spacial score (nSPS) is 15.7. The molecule has 1 heterocycles. The molecule has 0 aliphatic heterocycles. The molecule has 0 spiro atoms. The van der Waals surface area contributed by atoms with Crippen molar-refractivity contribution in [3.63, 3.8) is 0 Å². The number of nitrogens with one attached hydrogen (secondary N) is 2. The largest absolute Gasteiger partial charge is 0.342 e. The summed E-state index contributed by atoms with van der Waals surface area (Å²) in [7, 11) is 0. The van der Waals surface area contributed by atoms with E-state index < -0.39 is 5.54 Å². The molecule has 27 heavy (non-hydrogen) atoms. The van der Waals surface area contributed by atoms with Crippen LogP contribution in [-0.2, 0) is 15.3 Å². The number of benzene rings is 1. The first-order valence-electron chi connectivity index (χ1n) is 9.29. The fourth-order valence-corrected chi connectivity index (χ4v) is 4.27. The summed E-state index contributed by atoms with van der Waals surface area (Å²) in [6, 6.07) is 11.8. The molecule has 1 aliphatic rings. The van der Waals surface area contributed by atoms with Gasteiger partial charge in [-0.3, -0.25) is 14.6 Å². The Morgan fingerprint density at radius 2 is 1.85 bits per heavy atom. The van der Waals surface area contributed by atoms with Crippen molar-refractivity contribution in [3.05, 3.63) is 54.4 Å². The summed E-state index contributed by atoms with van der Waals surface area (Å²) >= 11 is 1.73. The monoisotopic (exact) mass is 383 g/mol. The molecular weight excluding hydrogens is 358 g/mol. The van der Waals surface area contributed by atoms with Gasteiger partial charge in [-0.2, -0.15) is 0 Å². The molecule has 0 atom stereocenters. The summed E-state index contributed by atoms with van der Waals surface area (Å²) < 4.78 is 0. The number of rotatable bonds is 6. The van der Waals surface area contributed by atoms with Gasteiger partial charge in [0, 0.05) is 35.7 Å². The number of hydrogen-bond donors (Lipinski definition) is 2. The highest BCUT2D eigenvalue weighted by Crippen LogP contribution is 2.30. The lowest BCUT2D eigenvalue weighted by atomic mass is 9.80. The van der Waals surface area contributed by atoms with E-state index in [0.29, 0.717) is 12.8 Å². The van der Waals surface area contributed by atoms with Gasteiger partial charge in [-0.25, -0.2) is 0 Å². The van der Waals surface area contributed by atoms with E-state index in [1.807, 2.05) is 36.5 Å². The van der Waals surface area contributed by atoms with Crippen molar-refractivity contribution in [2.45, 2.75) is 55.2 Å². The van der Waals surface area contributed by atoms with E-state index in [9.17, 15) is 9.59 Å². The van der Waals surface area contributed by atoms with Gasteiger partial charge in [-0.05, 0) is 48.7 Å². The minimum Gasteiger partial charge on any atom is -0.342 e. The van der Waals surface area contributed by atoms with Crippen molar-refractivity contribution < 1.29 is 9.59 Å². The maximum absolute atomic E-state index is 12.9. The Hall–Kier alpha value is -2.34. The minimum absolute atomic E-state index is 0.117. The SMILES string of the molecule is CC(=O)NC1(C(=O)Nc2ccc(SCc3cccnc3)cc2)CCCCC1. The van der Waals surface area contributed by atoms with E-state index in [0.717, 1.165) is 35.6 Å². The molecule has 2 N–H and O–H groups in total. The molecule has 2 aromatic rings. The molecule has 1 aromatic carbocycles. The highest BCUT2D eigenvalue weighted by Gasteiger charge is 2.40. The molecular formula is C21H25N3O2S. The molecule has 1 aromatic heterocycles. The first kappa shape index (κ1) is 19.4. The number of anilines is 1. The van der Waals surface area contributed by atoms with Crippen molar-refractivity contribution >= 4 is 29.3 Å². The van der Waals surface area contributed by atoms with Crippen molar-refractivity contribution in [1.82, 2.24) is 10.3 Å². The Morgan fingerprint density at radius 1 is 1.11 bits per heavy atom. The van der Waals surface area contributed by atoms with Crippen LogP contribution in [0, 0.1) is 0 Å². The van der Waals surface area contributed by atoms with E-state index in [-0.39, 0.29) is 11.8 Å². The van der Waals surface area contributed by atoms with Crippen LogP contribution in [0.2, 0.25) is 0 Å². The average molecular weight is 384 g/mol. The van der Waals surface area contributed by atoms with Crippen LogP contribution in [0.4, 0.5) is 5.69 Å². The lowest BCUT2D eigenvalue weighted by molar-refractivity contribution is -0.130. The van der Waals surface area contributed by atoms with Crippen molar-refractivity contribution in [2.24, 2.45) is 0 Å². The number of amides is 2. The van der Waals surface area contributed by atoms with Gasteiger partial charge in [-0.15, -0.1) is 11.8 Å². The zero-order valence-corrected chi connectivity index (χ0v) is 16.3. The summed E-state index contributed by atoms with van der Waals surface area (Å²) in [5.41, 5.74) is 1.15. The molecule has 1 saturated carbocycles. The highest BCUT2D eigenvalue weighted by molar-refractivity contribution is 7.98. The van der Waals surface area contributed by atoms with E-state index in [2.05, 4.69) is 21.7 Å². The van der Waals surface area contributed by atoms with Gasteiger partial charge in [0.15, 0.2) is 0 Å². The van der Waals surface area contributed by atoms with Crippen LogP contribution in [0.5, 0.6) is 0 Å². The molecule has 1 aliphatic carbocycles. The number of pyridine rings is 1. The standard InChI is InChI=1S/C21H25N3O2S/c1-16(25)24-21(11-3-2-4-12-21)20(26)23-18-7-9-19(10-8-18)27-15-17-6-5-13-22-14-17/h5-10,13-14H,2-4,11-12,15H2,1H3,(H,23,26)(H,24,25). The van der Waals surface area contributed by atoms with Gasteiger partial charge >= 0.3 is 0 Å². The second kappa shape index (κ2) is 9.04. The molecule has 0 unspecified atom stereocenters. The van der Waals surface area contributed by atoms with Gasteiger partial charge in [0.05, 0.1) is 0 Å². The number of aromatic nitrogens is 1. The molecule has 6 heteroatoms. The third kappa shape index (κ3) is 5.32. The molecule has 0 bridgehead atoms. The van der Waals surface area contributed by atoms with Crippen LogP contribution < -0.4 is 10.6 Å². The van der Waals surface area contributed by atoms with E-state index in [1.165, 1.54) is 12.5 Å². The van der Waals surface area contributed by atoms with Crippen LogP contribution in [0.1, 0.15) is 44.6 Å². The van der Waals surface area contributed by atoms with Gasteiger partial charge < -0.3 is 10.6 Å². The summed E-state index contributed by atoms with van der Waals surface area (Å²) in [5, 5.41) is 5.89. The maximum Gasteiger partial charge on any atom is 0.250 e. The number of nitrogens with zero attached hydrogens (tertiary/aromatic N) is 1. The van der Waals surface area contributed by atoms with E-state index >= 15 is 0 Å². The summed E-state index contributed by atoms with van der Waals surface area (Å²) in [5.74, 6) is 0.577. The topological polar surface area (TPSA) is 71.1 Å². The molecule has 1 fully saturated rings. The van der Waals surface area contributed by atoms with E-state index in [4.69, 9.17) is 0 Å². The predicted molar refractivity (Wildman–Crippen MR) is 109 cm³/mol.